The second kappa shape index (κ2) is 18.6. The number of nitrogens with zero attached hydrogens (tertiary/aromatic N) is 1. The summed E-state index contributed by atoms with van der Waals surface area (Å²) in [5, 5.41) is 5.14. The SMILES string of the molecule is CCCCCCCCCCCCCCOc1ccc(CC(=O)Nc2cccc(CN3C=CSC3)c2)cc1OC. The zero-order valence-corrected chi connectivity index (χ0v) is 24.9. The van der Waals surface area contributed by atoms with Crippen molar-refractivity contribution in [2.75, 3.05) is 24.9 Å². The van der Waals surface area contributed by atoms with Crippen molar-refractivity contribution in [2.45, 2.75) is 96.9 Å². The van der Waals surface area contributed by atoms with Gasteiger partial charge in [-0.25, -0.2) is 0 Å². The Morgan fingerprint density at radius 3 is 2.26 bits per heavy atom. The Hall–Kier alpha value is -2.60. The summed E-state index contributed by atoms with van der Waals surface area (Å²) in [7, 11) is 1.65. The molecule has 0 saturated heterocycles. The van der Waals surface area contributed by atoms with Gasteiger partial charge in [-0.1, -0.05) is 95.8 Å². The van der Waals surface area contributed by atoms with Crippen LogP contribution in [0.25, 0.3) is 0 Å². The van der Waals surface area contributed by atoms with E-state index in [4.69, 9.17) is 9.47 Å². The number of rotatable bonds is 20. The van der Waals surface area contributed by atoms with Gasteiger partial charge in [-0.15, -0.1) is 11.8 Å². The van der Waals surface area contributed by atoms with E-state index in [2.05, 4.69) is 34.8 Å². The average molecular weight is 553 g/mol. The molecule has 6 heteroatoms. The maximum absolute atomic E-state index is 12.7. The molecule has 2 aromatic carbocycles. The average Bonchev–Trinajstić information content (AvgIpc) is 3.45. The lowest BCUT2D eigenvalue weighted by molar-refractivity contribution is -0.115. The Bertz CT molecular complexity index is 1010. The standard InChI is InChI=1S/C33H48N2O3S/c1-3-4-5-6-7-8-9-10-11-12-13-14-21-38-31-19-18-28(24-32(31)37-2)25-33(36)34-30-17-15-16-29(23-30)26-35-20-22-39-27-35/h15-20,22-24H,3-14,21,25-27H2,1-2H3,(H,34,36). The van der Waals surface area contributed by atoms with Gasteiger partial charge in [0.05, 0.1) is 26.0 Å². The second-order valence-corrected chi connectivity index (χ2v) is 11.3. The third-order valence-corrected chi connectivity index (χ3v) is 7.85. The molecule has 0 spiro atoms. The van der Waals surface area contributed by atoms with E-state index in [9.17, 15) is 4.79 Å². The lowest BCUT2D eigenvalue weighted by Crippen LogP contribution is -2.15. The molecule has 0 unspecified atom stereocenters. The molecule has 1 heterocycles. The number of carbonyl (C=O) groups excluding carboxylic acids is 1. The Balaban J connectivity index is 1.32. The summed E-state index contributed by atoms with van der Waals surface area (Å²) in [5.41, 5.74) is 2.90. The Labute approximate surface area is 240 Å². The Kier molecular flexibility index (Phi) is 14.8. The third-order valence-electron chi connectivity index (χ3n) is 7.05. The first-order valence-corrected chi connectivity index (χ1v) is 15.9. The minimum absolute atomic E-state index is 0.0454. The molecule has 3 rings (SSSR count). The van der Waals surface area contributed by atoms with Gasteiger partial charge >= 0.3 is 0 Å². The van der Waals surface area contributed by atoms with Crippen LogP contribution in [0.5, 0.6) is 11.5 Å². The fourth-order valence-electron chi connectivity index (χ4n) is 4.85. The summed E-state index contributed by atoms with van der Waals surface area (Å²) in [5.74, 6) is 2.35. The summed E-state index contributed by atoms with van der Waals surface area (Å²) < 4.78 is 11.6. The van der Waals surface area contributed by atoms with Crippen molar-refractivity contribution in [3.05, 3.63) is 65.2 Å². The summed E-state index contributed by atoms with van der Waals surface area (Å²) in [6.07, 6.45) is 18.3. The highest BCUT2D eigenvalue weighted by atomic mass is 32.2. The fourth-order valence-corrected chi connectivity index (χ4v) is 5.56. The van der Waals surface area contributed by atoms with Gasteiger partial charge in [0, 0.05) is 18.4 Å². The van der Waals surface area contributed by atoms with Crippen LogP contribution in [-0.4, -0.2) is 30.4 Å². The first-order valence-electron chi connectivity index (χ1n) is 14.9. The molecule has 1 aliphatic rings. The molecule has 5 nitrogen and oxygen atoms in total. The van der Waals surface area contributed by atoms with Crippen LogP contribution < -0.4 is 14.8 Å². The molecule has 39 heavy (non-hydrogen) atoms. The molecule has 0 aromatic heterocycles. The summed E-state index contributed by atoms with van der Waals surface area (Å²) in [6, 6.07) is 13.8. The van der Waals surface area contributed by atoms with Crippen LogP contribution in [0.2, 0.25) is 0 Å². The van der Waals surface area contributed by atoms with Crippen LogP contribution in [0.15, 0.2) is 54.1 Å². The molecule has 0 aliphatic carbocycles. The Morgan fingerprint density at radius 2 is 1.59 bits per heavy atom. The second-order valence-electron chi connectivity index (χ2n) is 10.5. The number of carbonyl (C=O) groups is 1. The van der Waals surface area contributed by atoms with Gasteiger partial charge in [0.1, 0.15) is 0 Å². The summed E-state index contributed by atoms with van der Waals surface area (Å²) in [6.45, 7) is 3.80. The molecular weight excluding hydrogens is 504 g/mol. The first kappa shape index (κ1) is 30.9. The predicted molar refractivity (Wildman–Crippen MR) is 165 cm³/mol. The molecule has 1 aliphatic heterocycles. The summed E-state index contributed by atoms with van der Waals surface area (Å²) in [4.78, 5) is 15.0. The number of nitrogens with one attached hydrogen (secondary N) is 1. The zero-order chi connectivity index (χ0) is 27.5. The van der Waals surface area contributed by atoms with Crippen LogP contribution in [0.4, 0.5) is 5.69 Å². The fraction of sp³-hybridized carbons (Fsp3) is 0.545. The molecule has 0 saturated carbocycles. The number of hydrogen-bond donors (Lipinski definition) is 1. The van der Waals surface area contributed by atoms with Crippen LogP contribution in [-0.2, 0) is 17.8 Å². The molecule has 2 aromatic rings. The smallest absolute Gasteiger partial charge is 0.228 e. The number of amides is 1. The van der Waals surface area contributed by atoms with Crippen LogP contribution in [0.3, 0.4) is 0 Å². The normalized spacial score (nSPS) is 12.6. The number of hydrogen-bond acceptors (Lipinski definition) is 5. The van der Waals surface area contributed by atoms with Gasteiger partial charge < -0.3 is 19.7 Å². The monoisotopic (exact) mass is 552 g/mol. The van der Waals surface area contributed by atoms with E-state index in [1.807, 2.05) is 36.4 Å². The maximum atomic E-state index is 12.7. The first-order chi connectivity index (χ1) is 19.2. The number of methoxy groups -OCH3 is 1. The lowest BCUT2D eigenvalue weighted by Gasteiger charge is -2.15. The van der Waals surface area contributed by atoms with Gasteiger partial charge in [-0.3, -0.25) is 4.79 Å². The van der Waals surface area contributed by atoms with Crippen molar-refractivity contribution in [1.29, 1.82) is 0 Å². The largest absolute Gasteiger partial charge is 0.493 e. The van der Waals surface area contributed by atoms with Gasteiger partial charge in [0.15, 0.2) is 11.5 Å². The summed E-state index contributed by atoms with van der Waals surface area (Å²) >= 11 is 1.79. The molecule has 0 atom stereocenters. The maximum Gasteiger partial charge on any atom is 0.228 e. The van der Waals surface area contributed by atoms with Crippen molar-refractivity contribution < 1.29 is 14.3 Å². The predicted octanol–water partition coefficient (Wildman–Crippen LogP) is 8.93. The van der Waals surface area contributed by atoms with E-state index in [1.165, 1.54) is 76.2 Å². The number of ether oxygens (including phenoxy) is 2. The topological polar surface area (TPSA) is 50.8 Å². The van der Waals surface area contributed by atoms with E-state index in [1.54, 1.807) is 18.9 Å². The quantitative estimate of drug-likeness (QED) is 0.166. The number of anilines is 1. The number of thioether (sulfide) groups is 1. The van der Waals surface area contributed by atoms with E-state index < -0.39 is 0 Å². The zero-order valence-electron chi connectivity index (χ0n) is 24.1. The highest BCUT2D eigenvalue weighted by Gasteiger charge is 2.11. The van der Waals surface area contributed by atoms with Gasteiger partial charge in [0.2, 0.25) is 5.91 Å². The van der Waals surface area contributed by atoms with E-state index in [0.717, 1.165) is 35.8 Å². The Morgan fingerprint density at radius 1 is 0.872 bits per heavy atom. The van der Waals surface area contributed by atoms with E-state index >= 15 is 0 Å². The lowest BCUT2D eigenvalue weighted by atomic mass is 10.1. The van der Waals surface area contributed by atoms with Crippen molar-refractivity contribution in [2.24, 2.45) is 0 Å². The highest BCUT2D eigenvalue weighted by molar-refractivity contribution is 8.02. The minimum Gasteiger partial charge on any atom is -0.493 e. The van der Waals surface area contributed by atoms with E-state index in [0.29, 0.717) is 12.4 Å². The van der Waals surface area contributed by atoms with Gasteiger partial charge in [0.25, 0.3) is 0 Å². The van der Waals surface area contributed by atoms with Crippen molar-refractivity contribution in [1.82, 2.24) is 4.90 Å². The molecular formula is C33H48N2O3S. The van der Waals surface area contributed by atoms with Crippen molar-refractivity contribution >= 4 is 23.4 Å². The minimum atomic E-state index is -0.0454. The van der Waals surface area contributed by atoms with Crippen molar-refractivity contribution in [3.63, 3.8) is 0 Å². The van der Waals surface area contributed by atoms with E-state index in [-0.39, 0.29) is 12.3 Å². The van der Waals surface area contributed by atoms with Crippen LogP contribution >= 0.6 is 11.8 Å². The van der Waals surface area contributed by atoms with Gasteiger partial charge in [-0.05, 0) is 47.2 Å². The van der Waals surface area contributed by atoms with Crippen LogP contribution in [0, 0.1) is 0 Å². The molecule has 0 fully saturated rings. The van der Waals surface area contributed by atoms with Gasteiger partial charge in [-0.2, -0.15) is 0 Å². The molecule has 0 bridgehead atoms. The number of unbranched alkanes of at least 4 members (excludes halogenated alkanes) is 11. The molecule has 0 radical (unpaired) electrons. The van der Waals surface area contributed by atoms with Crippen molar-refractivity contribution in [3.8, 4) is 11.5 Å². The molecule has 1 amide bonds. The third kappa shape index (κ3) is 12.4. The van der Waals surface area contributed by atoms with Crippen LogP contribution in [0.1, 0.15) is 95.1 Å². The number of benzene rings is 2. The molecule has 214 valence electrons. The molecule has 1 N–H and O–H groups in total. The highest BCUT2D eigenvalue weighted by Crippen LogP contribution is 2.29.